The molecule has 0 aliphatic rings. The van der Waals surface area contributed by atoms with Crippen LogP contribution in [-0.4, -0.2) is 50.4 Å². The molecule has 7 nitrogen and oxygen atoms in total. The highest BCUT2D eigenvalue weighted by atomic mass is 32.2. The maximum atomic E-state index is 12.0. The van der Waals surface area contributed by atoms with Crippen LogP contribution in [0, 0.1) is 11.8 Å². The molecular formula is C13H17N3O4S. The summed E-state index contributed by atoms with van der Waals surface area (Å²) in [5.74, 6) is 4.79. The van der Waals surface area contributed by atoms with Crippen molar-refractivity contribution in [2.75, 3.05) is 26.0 Å². The third-order valence-electron chi connectivity index (χ3n) is 2.37. The Morgan fingerprint density at radius 1 is 1.43 bits per heavy atom. The number of aliphatic hydroxyl groups is 1. The van der Waals surface area contributed by atoms with E-state index in [2.05, 4.69) is 26.9 Å². The van der Waals surface area contributed by atoms with Crippen LogP contribution in [0.1, 0.15) is 22.3 Å². The van der Waals surface area contributed by atoms with Crippen LogP contribution in [-0.2, 0) is 10.0 Å². The summed E-state index contributed by atoms with van der Waals surface area (Å²) in [6.45, 7) is 0.288. The van der Waals surface area contributed by atoms with Gasteiger partial charge in [0.1, 0.15) is 6.61 Å². The van der Waals surface area contributed by atoms with Gasteiger partial charge in [-0.05, 0) is 12.5 Å². The number of carbonyl (C=O) groups excluding carboxylic acids is 1. The fraction of sp³-hybridized carbons (Fsp3) is 0.385. The Hall–Kier alpha value is -1.95. The smallest absolute Gasteiger partial charge is 0.252 e. The van der Waals surface area contributed by atoms with Gasteiger partial charge in [-0.2, -0.15) is 0 Å². The van der Waals surface area contributed by atoms with Crippen LogP contribution in [0.5, 0.6) is 0 Å². The first kappa shape index (κ1) is 17.1. The molecule has 0 saturated carbocycles. The van der Waals surface area contributed by atoms with Gasteiger partial charge in [0, 0.05) is 25.5 Å². The highest BCUT2D eigenvalue weighted by Crippen LogP contribution is 2.05. The first-order valence-corrected chi connectivity index (χ1v) is 8.10. The summed E-state index contributed by atoms with van der Waals surface area (Å²) in [6.07, 6.45) is 4.48. The Labute approximate surface area is 123 Å². The number of carbonyl (C=O) groups is 1. The van der Waals surface area contributed by atoms with Crippen LogP contribution in [0.15, 0.2) is 18.5 Å². The molecule has 1 aromatic heterocycles. The second-order valence-corrected chi connectivity index (χ2v) is 5.99. The fourth-order valence-corrected chi connectivity index (χ4v) is 1.99. The quantitative estimate of drug-likeness (QED) is 0.466. The van der Waals surface area contributed by atoms with E-state index in [1.807, 2.05) is 0 Å². The Morgan fingerprint density at radius 2 is 2.19 bits per heavy atom. The second kappa shape index (κ2) is 8.36. The van der Waals surface area contributed by atoms with Crippen molar-refractivity contribution in [2.45, 2.75) is 6.42 Å². The summed E-state index contributed by atoms with van der Waals surface area (Å²) in [7, 11) is -3.21. The van der Waals surface area contributed by atoms with Crippen molar-refractivity contribution in [1.82, 2.24) is 15.0 Å². The number of nitrogens with zero attached hydrogens (tertiary/aromatic N) is 1. The molecule has 0 spiro atoms. The average Bonchev–Trinajstić information content (AvgIpc) is 2.43. The zero-order valence-corrected chi connectivity index (χ0v) is 12.4. The molecule has 0 atom stereocenters. The lowest BCUT2D eigenvalue weighted by molar-refractivity contribution is 0.0953. The van der Waals surface area contributed by atoms with Gasteiger partial charge in [0.05, 0.1) is 17.4 Å². The normalized spacial score (nSPS) is 10.6. The number of nitrogens with one attached hydrogen (secondary N) is 2. The lowest BCUT2D eigenvalue weighted by atomic mass is 10.1. The Balaban J connectivity index is 2.53. The van der Waals surface area contributed by atoms with E-state index in [0.29, 0.717) is 24.1 Å². The zero-order valence-electron chi connectivity index (χ0n) is 11.6. The van der Waals surface area contributed by atoms with Crippen LogP contribution < -0.4 is 10.0 Å². The molecule has 21 heavy (non-hydrogen) atoms. The molecule has 3 N–H and O–H groups in total. The van der Waals surface area contributed by atoms with Gasteiger partial charge in [-0.3, -0.25) is 9.78 Å². The fourth-order valence-electron chi connectivity index (χ4n) is 1.47. The number of pyridine rings is 1. The Kier molecular flexibility index (Phi) is 6.81. The molecule has 0 unspecified atom stereocenters. The van der Waals surface area contributed by atoms with Crippen molar-refractivity contribution in [2.24, 2.45) is 0 Å². The van der Waals surface area contributed by atoms with Gasteiger partial charge < -0.3 is 10.4 Å². The van der Waals surface area contributed by atoms with Crippen molar-refractivity contribution in [1.29, 1.82) is 0 Å². The van der Waals surface area contributed by atoms with Crippen LogP contribution >= 0.6 is 0 Å². The van der Waals surface area contributed by atoms with Gasteiger partial charge in [0.15, 0.2) is 0 Å². The largest absolute Gasteiger partial charge is 0.384 e. The summed E-state index contributed by atoms with van der Waals surface area (Å²) in [4.78, 5) is 15.9. The highest BCUT2D eigenvalue weighted by molar-refractivity contribution is 7.88. The van der Waals surface area contributed by atoms with Gasteiger partial charge in [-0.1, -0.05) is 11.8 Å². The van der Waals surface area contributed by atoms with Crippen molar-refractivity contribution >= 4 is 15.9 Å². The minimum absolute atomic E-state index is 0.257. The van der Waals surface area contributed by atoms with Gasteiger partial charge in [-0.25, -0.2) is 13.1 Å². The molecule has 1 amide bonds. The van der Waals surface area contributed by atoms with Crippen molar-refractivity contribution in [3.8, 4) is 11.8 Å². The number of aliphatic hydroxyl groups excluding tert-OH is 1. The van der Waals surface area contributed by atoms with E-state index in [0.717, 1.165) is 6.26 Å². The number of amides is 1. The number of sulfonamides is 1. The first-order valence-electron chi connectivity index (χ1n) is 6.20. The highest BCUT2D eigenvalue weighted by Gasteiger charge is 2.09. The van der Waals surface area contributed by atoms with E-state index in [-0.39, 0.29) is 19.1 Å². The second-order valence-electron chi connectivity index (χ2n) is 4.16. The molecule has 0 aromatic carbocycles. The van der Waals surface area contributed by atoms with Gasteiger partial charge in [-0.15, -0.1) is 0 Å². The third-order valence-corrected chi connectivity index (χ3v) is 3.10. The molecule has 0 fully saturated rings. The maximum absolute atomic E-state index is 12.0. The van der Waals surface area contributed by atoms with Gasteiger partial charge in [0.2, 0.25) is 10.0 Å². The molecule has 1 heterocycles. The zero-order chi connectivity index (χ0) is 15.7. The average molecular weight is 311 g/mol. The maximum Gasteiger partial charge on any atom is 0.252 e. The van der Waals surface area contributed by atoms with E-state index in [4.69, 9.17) is 5.11 Å². The predicted molar refractivity (Wildman–Crippen MR) is 78.0 cm³/mol. The molecule has 0 aliphatic heterocycles. The number of hydrogen-bond donors (Lipinski definition) is 3. The van der Waals surface area contributed by atoms with Gasteiger partial charge >= 0.3 is 0 Å². The summed E-state index contributed by atoms with van der Waals surface area (Å²) < 4.78 is 24.0. The Bertz CT molecular complexity index is 647. The molecule has 8 heteroatoms. The number of hydrogen-bond acceptors (Lipinski definition) is 5. The molecule has 1 aromatic rings. The van der Waals surface area contributed by atoms with Crippen LogP contribution in [0.2, 0.25) is 0 Å². The van der Waals surface area contributed by atoms with Crippen molar-refractivity contribution in [3.05, 3.63) is 29.6 Å². The topological polar surface area (TPSA) is 108 Å². The Morgan fingerprint density at radius 3 is 2.86 bits per heavy atom. The minimum Gasteiger partial charge on any atom is -0.384 e. The molecule has 0 aliphatic carbocycles. The molecule has 0 bridgehead atoms. The van der Waals surface area contributed by atoms with E-state index in [1.54, 1.807) is 0 Å². The van der Waals surface area contributed by atoms with Crippen LogP contribution in [0.3, 0.4) is 0 Å². The molecule has 0 saturated heterocycles. The lowest BCUT2D eigenvalue weighted by Crippen LogP contribution is -2.29. The monoisotopic (exact) mass is 311 g/mol. The summed E-state index contributed by atoms with van der Waals surface area (Å²) in [6, 6.07) is 1.53. The standard InChI is InChI=1S/C13H17N3O4S/c1-21(19,20)16-7-3-6-15-13(18)12-5-8-14-10-11(12)4-2-9-17/h5,8,10,16-17H,3,6-7,9H2,1H3,(H,15,18). The first-order chi connectivity index (χ1) is 9.94. The van der Waals surface area contributed by atoms with E-state index < -0.39 is 10.0 Å². The molecule has 1 rings (SSSR count). The molecular weight excluding hydrogens is 294 g/mol. The van der Waals surface area contributed by atoms with Crippen molar-refractivity contribution in [3.63, 3.8) is 0 Å². The molecule has 114 valence electrons. The number of aromatic nitrogens is 1. The number of rotatable bonds is 6. The van der Waals surface area contributed by atoms with E-state index in [1.165, 1.54) is 18.5 Å². The summed E-state index contributed by atoms with van der Waals surface area (Å²) in [5.41, 5.74) is 0.792. The predicted octanol–water partition coefficient (Wildman–Crippen LogP) is -0.905. The van der Waals surface area contributed by atoms with E-state index >= 15 is 0 Å². The minimum atomic E-state index is -3.21. The SMILES string of the molecule is CS(=O)(=O)NCCCNC(=O)c1ccncc1C#CCO. The van der Waals surface area contributed by atoms with Gasteiger partial charge in [0.25, 0.3) is 5.91 Å². The lowest BCUT2D eigenvalue weighted by Gasteiger charge is -2.07. The third kappa shape index (κ3) is 6.85. The molecule has 0 radical (unpaired) electrons. The van der Waals surface area contributed by atoms with E-state index in [9.17, 15) is 13.2 Å². The van der Waals surface area contributed by atoms with Crippen LogP contribution in [0.4, 0.5) is 0 Å². The summed E-state index contributed by atoms with van der Waals surface area (Å²) >= 11 is 0. The summed E-state index contributed by atoms with van der Waals surface area (Å²) in [5, 5.41) is 11.3. The van der Waals surface area contributed by atoms with Crippen LogP contribution in [0.25, 0.3) is 0 Å². The van der Waals surface area contributed by atoms with Crippen molar-refractivity contribution < 1.29 is 18.3 Å².